The van der Waals surface area contributed by atoms with Gasteiger partial charge in [-0.15, -0.1) is 0 Å². The Morgan fingerprint density at radius 2 is 1.79 bits per heavy atom. The second kappa shape index (κ2) is 13.4. The van der Waals surface area contributed by atoms with Crippen LogP contribution in [-0.2, 0) is 45.1 Å². The number of benzene rings is 2. The highest BCUT2D eigenvalue weighted by atomic mass is 35.5. The first kappa shape index (κ1) is 39.6. The van der Waals surface area contributed by atoms with Gasteiger partial charge in [0.25, 0.3) is 5.92 Å². The number of aryl methyl sites for hydroxylation is 1. The summed E-state index contributed by atoms with van der Waals surface area (Å²) in [4.78, 5) is 18.4. The zero-order valence-electron chi connectivity index (χ0n) is 30.0. The van der Waals surface area contributed by atoms with Crippen molar-refractivity contribution >= 4 is 44.3 Å². The quantitative estimate of drug-likeness (QED) is 0.129. The van der Waals surface area contributed by atoms with Crippen molar-refractivity contribution in [1.82, 2.24) is 24.5 Å². The lowest BCUT2D eigenvalue weighted by Crippen LogP contribution is -2.48. The monoisotopic (exact) mass is 851 g/mol. The number of carbonyl (C=O) groups is 1. The molecule has 1 saturated carbocycles. The van der Waals surface area contributed by atoms with Crippen LogP contribution < -0.4 is 10.5 Å². The van der Waals surface area contributed by atoms with Crippen molar-refractivity contribution in [2.75, 3.05) is 24.2 Å². The molecule has 4 N–H and O–H groups in total. The number of primary amides is 1. The van der Waals surface area contributed by atoms with Crippen molar-refractivity contribution in [1.29, 1.82) is 0 Å². The maximum Gasteiger partial charge on any atom is 0.435 e. The number of rotatable bonds is 9. The van der Waals surface area contributed by atoms with E-state index in [-0.39, 0.29) is 74.1 Å². The Balaban J connectivity index is 1.43. The average Bonchev–Trinajstić information content (AvgIpc) is 3.62. The van der Waals surface area contributed by atoms with E-state index < -0.39 is 92.4 Å². The lowest BCUT2D eigenvalue weighted by Gasteiger charge is -2.31. The van der Waals surface area contributed by atoms with Gasteiger partial charge in [-0.3, -0.25) is 14.2 Å². The Morgan fingerprint density at radius 1 is 1.12 bits per heavy atom. The summed E-state index contributed by atoms with van der Waals surface area (Å²) in [6.45, 7) is -0.282. The first-order valence-corrected chi connectivity index (χ1v) is 19.6. The van der Waals surface area contributed by atoms with Crippen LogP contribution in [0.15, 0.2) is 42.5 Å². The van der Waals surface area contributed by atoms with Crippen molar-refractivity contribution in [2.24, 2.45) is 18.7 Å². The molecule has 4 heterocycles. The molecule has 5 aromatic rings. The first-order valence-electron chi connectivity index (χ1n) is 17.4. The van der Waals surface area contributed by atoms with E-state index in [1.807, 2.05) is 0 Å². The number of fused-ring (bicyclic) bond motifs is 4. The summed E-state index contributed by atoms with van der Waals surface area (Å²) in [5.41, 5.74) is 0.710. The van der Waals surface area contributed by atoms with E-state index in [1.165, 1.54) is 36.0 Å². The number of alkyl halides is 5. The lowest BCUT2D eigenvalue weighted by molar-refractivity contribution is -0.142. The third-order valence-electron chi connectivity index (χ3n) is 10.4. The maximum atomic E-state index is 16.1. The van der Waals surface area contributed by atoms with Crippen LogP contribution in [0.2, 0.25) is 5.02 Å². The molecule has 1 saturated heterocycles. The topological polar surface area (TPSA) is 167 Å². The number of hydrogen-bond donors (Lipinski definition) is 3. The molecule has 58 heavy (non-hydrogen) atoms. The molecule has 8 rings (SSSR count). The number of anilines is 1. The van der Waals surface area contributed by atoms with Crippen LogP contribution >= 0.6 is 11.6 Å². The molecule has 0 bridgehead atoms. The van der Waals surface area contributed by atoms with Gasteiger partial charge >= 0.3 is 6.18 Å². The van der Waals surface area contributed by atoms with Gasteiger partial charge in [0.1, 0.15) is 29.1 Å². The SMILES string of the molecule is Cn1nc(NS(C)(=O)=O)c2c(Cl)ccc(-c3ccc(C#CC4(O)COC4)nc3[C@@H](Cc3cc(F)cc(F)c3)C(C(N)=O)n3nc(C(F)(F)F)c4c3C(F)(F)[C@@H]3C[C@H]43)c21. The van der Waals surface area contributed by atoms with Crippen LogP contribution in [-0.4, -0.2) is 69.0 Å². The molecule has 3 aliphatic rings. The zero-order valence-corrected chi connectivity index (χ0v) is 31.6. The Labute approximate surface area is 329 Å². The maximum absolute atomic E-state index is 16.1. The molecular weight excluding hydrogens is 823 g/mol. The van der Waals surface area contributed by atoms with Crippen molar-refractivity contribution < 1.29 is 53.8 Å². The van der Waals surface area contributed by atoms with Gasteiger partial charge in [-0.25, -0.2) is 26.9 Å². The molecule has 3 aromatic heterocycles. The van der Waals surface area contributed by atoms with E-state index in [4.69, 9.17) is 22.1 Å². The minimum absolute atomic E-state index is 0.0281. The van der Waals surface area contributed by atoms with Crippen molar-refractivity contribution in [2.45, 2.75) is 48.4 Å². The number of ether oxygens (including phenoxy) is 1. The van der Waals surface area contributed by atoms with Crippen LogP contribution in [0, 0.1) is 29.4 Å². The van der Waals surface area contributed by atoms with Crippen LogP contribution in [0.4, 0.5) is 36.6 Å². The van der Waals surface area contributed by atoms with E-state index in [1.54, 1.807) is 0 Å². The van der Waals surface area contributed by atoms with Gasteiger partial charge in [0, 0.05) is 41.6 Å². The highest BCUT2D eigenvalue weighted by Crippen LogP contribution is 2.69. The lowest BCUT2D eigenvalue weighted by atomic mass is 9.84. The van der Waals surface area contributed by atoms with E-state index in [0.717, 1.165) is 18.4 Å². The molecule has 1 amide bonds. The van der Waals surface area contributed by atoms with Crippen LogP contribution in [0.25, 0.3) is 22.0 Å². The number of pyridine rings is 1. The summed E-state index contributed by atoms with van der Waals surface area (Å²) in [5, 5.41) is 18.6. The van der Waals surface area contributed by atoms with Crippen LogP contribution in [0.5, 0.6) is 0 Å². The average molecular weight is 852 g/mol. The smallest absolute Gasteiger partial charge is 0.373 e. The first-order chi connectivity index (χ1) is 27.1. The van der Waals surface area contributed by atoms with Gasteiger partial charge in [-0.05, 0) is 60.6 Å². The molecule has 2 fully saturated rings. The van der Waals surface area contributed by atoms with E-state index in [9.17, 15) is 40.3 Å². The van der Waals surface area contributed by atoms with E-state index >= 15 is 8.78 Å². The fourth-order valence-corrected chi connectivity index (χ4v) is 8.64. The van der Waals surface area contributed by atoms with Gasteiger partial charge in [0.15, 0.2) is 17.1 Å². The Kier molecular flexibility index (Phi) is 9.15. The number of nitrogens with zero attached hydrogens (tertiary/aromatic N) is 5. The zero-order chi connectivity index (χ0) is 41.9. The summed E-state index contributed by atoms with van der Waals surface area (Å²) in [7, 11) is -2.47. The third-order valence-corrected chi connectivity index (χ3v) is 11.2. The highest BCUT2D eigenvalue weighted by molar-refractivity contribution is 7.92. The second-order valence-corrected chi connectivity index (χ2v) is 16.8. The predicted octanol–water partition coefficient (Wildman–Crippen LogP) is 5.53. The minimum atomic E-state index is -5.23. The number of amides is 1. The molecule has 2 aliphatic carbocycles. The number of aliphatic hydroxyl groups is 1. The fourth-order valence-electron chi connectivity index (χ4n) is 7.91. The van der Waals surface area contributed by atoms with Gasteiger partial charge in [0.05, 0.1) is 41.1 Å². The van der Waals surface area contributed by atoms with Crippen LogP contribution in [0.3, 0.4) is 0 Å². The number of sulfonamides is 1. The van der Waals surface area contributed by atoms with Gasteiger partial charge in [-0.2, -0.15) is 32.1 Å². The Morgan fingerprint density at radius 3 is 2.40 bits per heavy atom. The van der Waals surface area contributed by atoms with E-state index in [2.05, 4.69) is 31.7 Å². The van der Waals surface area contributed by atoms with Crippen molar-refractivity contribution in [3.8, 4) is 23.0 Å². The third kappa shape index (κ3) is 6.82. The molecule has 2 aromatic carbocycles. The molecule has 0 radical (unpaired) electrons. The van der Waals surface area contributed by atoms with Crippen LogP contribution in [0.1, 0.15) is 58.2 Å². The normalized spacial score (nSPS) is 20.1. The molecule has 12 nitrogen and oxygen atoms in total. The summed E-state index contributed by atoms with van der Waals surface area (Å²) in [6.07, 6.45) is -5.25. The summed E-state index contributed by atoms with van der Waals surface area (Å²) in [6, 6.07) is 5.75. The molecule has 21 heteroatoms. The Bertz CT molecular complexity index is 2720. The number of nitrogens with two attached hydrogens (primary N) is 1. The number of aromatic nitrogens is 5. The molecule has 304 valence electrons. The number of nitrogens with one attached hydrogen (secondary N) is 1. The number of hydrogen-bond acceptors (Lipinski definition) is 8. The minimum Gasteiger partial charge on any atom is -0.373 e. The summed E-state index contributed by atoms with van der Waals surface area (Å²) < 4.78 is 139. The number of carbonyl (C=O) groups excluding carboxylic acids is 1. The van der Waals surface area contributed by atoms with Crippen molar-refractivity contribution in [3.05, 3.63) is 93.0 Å². The van der Waals surface area contributed by atoms with Gasteiger partial charge in [-0.1, -0.05) is 23.6 Å². The second-order valence-electron chi connectivity index (χ2n) is 14.6. The highest BCUT2D eigenvalue weighted by Gasteiger charge is 2.69. The molecular formula is C37H29ClF7N7O5S. The Hall–Kier alpha value is -5.23. The van der Waals surface area contributed by atoms with Gasteiger partial charge < -0.3 is 15.6 Å². The molecule has 4 atom stereocenters. The molecule has 1 aliphatic heterocycles. The molecule has 0 spiro atoms. The largest absolute Gasteiger partial charge is 0.435 e. The molecule has 1 unspecified atom stereocenters. The summed E-state index contributed by atoms with van der Waals surface area (Å²) in [5.74, 6) is -6.76. The summed E-state index contributed by atoms with van der Waals surface area (Å²) >= 11 is 6.58. The van der Waals surface area contributed by atoms with Gasteiger partial charge in [0.2, 0.25) is 15.9 Å². The fraction of sp³-hybridized carbons (Fsp3) is 0.351. The number of halogens is 8. The van der Waals surface area contributed by atoms with Crippen molar-refractivity contribution in [3.63, 3.8) is 0 Å². The predicted molar refractivity (Wildman–Crippen MR) is 193 cm³/mol. The standard InChI is InChI=1S/C37H29ClF7N7O5S/c1-51-29-21(5-6-25(38)27(29)34(49-51)50-58(2,55)56)20-4-3-19(7-8-35(54)14-57-15-35)47-28(20)23(11-16-9-17(39)12-18(40)10-16)30(33(46)53)52-32-26(31(48-52)37(43,44)45)22-13-24(22)36(32,41)42/h3-6,9-10,12,22-24,30,54H,11,13-15H2,1-2H3,(H2,46,53)(H,49,50)/t22-,23+,24+,30?/m0/s1. The van der Waals surface area contributed by atoms with E-state index in [0.29, 0.717) is 6.07 Å².